The number of benzene rings is 1. The van der Waals surface area contributed by atoms with Crippen molar-refractivity contribution >= 4 is 34.9 Å². The number of hydrogen-bond acceptors (Lipinski definition) is 6. The molecule has 4 rings (SSSR count). The van der Waals surface area contributed by atoms with Crippen LogP contribution in [0.5, 0.6) is 0 Å². The highest BCUT2D eigenvalue weighted by molar-refractivity contribution is 6.31. The van der Waals surface area contributed by atoms with Crippen LogP contribution in [0.25, 0.3) is 11.2 Å². The Bertz CT molecular complexity index is 1370. The fraction of sp³-hybridized carbons (Fsp3) is 0.150. The van der Waals surface area contributed by atoms with Gasteiger partial charge in [0.05, 0.1) is 12.8 Å². The lowest BCUT2D eigenvalue weighted by molar-refractivity contribution is 0.702. The zero-order valence-electron chi connectivity index (χ0n) is 16.3. The number of rotatable bonds is 5. The minimum atomic E-state index is -0.458. The van der Waals surface area contributed by atoms with Crippen molar-refractivity contribution in [3.8, 4) is 0 Å². The van der Waals surface area contributed by atoms with E-state index in [2.05, 4.69) is 20.5 Å². The number of aromatic nitrogens is 5. The van der Waals surface area contributed by atoms with Crippen molar-refractivity contribution in [2.45, 2.75) is 6.54 Å². The number of hydrogen-bond donors (Lipinski definition) is 1. The quantitative estimate of drug-likeness (QED) is 0.391. The predicted molar refractivity (Wildman–Crippen MR) is 116 cm³/mol. The Labute approximate surface area is 175 Å². The maximum Gasteiger partial charge on any atom is 0.332 e. The molecule has 4 aromatic rings. The molecular weight excluding hydrogens is 406 g/mol. The summed E-state index contributed by atoms with van der Waals surface area (Å²) in [7, 11) is 3.00. The van der Waals surface area contributed by atoms with E-state index in [1.165, 1.54) is 11.6 Å². The van der Waals surface area contributed by atoms with Gasteiger partial charge in [-0.15, -0.1) is 0 Å². The second-order valence-corrected chi connectivity index (χ2v) is 7.05. The largest absolute Gasteiger partial charge is 0.332 e. The molecule has 0 atom stereocenters. The lowest BCUT2D eigenvalue weighted by Gasteiger charge is -2.10. The van der Waals surface area contributed by atoms with E-state index in [0.717, 1.165) is 15.7 Å². The molecule has 30 heavy (non-hydrogen) atoms. The molecule has 0 radical (unpaired) electrons. The number of nitrogens with one attached hydrogen (secondary N) is 1. The lowest BCUT2D eigenvalue weighted by Crippen LogP contribution is -2.37. The van der Waals surface area contributed by atoms with Crippen molar-refractivity contribution in [2.75, 3.05) is 5.43 Å². The number of nitrogens with zero attached hydrogens (tertiary/aromatic N) is 6. The summed E-state index contributed by atoms with van der Waals surface area (Å²) in [6.07, 6.45) is 4.92. The van der Waals surface area contributed by atoms with E-state index in [0.29, 0.717) is 11.0 Å². The molecule has 152 valence electrons. The van der Waals surface area contributed by atoms with Crippen LogP contribution in [-0.4, -0.2) is 29.9 Å². The highest BCUT2D eigenvalue weighted by atomic mass is 35.5. The van der Waals surface area contributed by atoms with Crippen LogP contribution in [0.15, 0.2) is 63.5 Å². The van der Waals surface area contributed by atoms with Crippen molar-refractivity contribution in [3.63, 3.8) is 0 Å². The van der Waals surface area contributed by atoms with Gasteiger partial charge in [-0.25, -0.2) is 10.2 Å². The third-order valence-electron chi connectivity index (χ3n) is 4.70. The first-order chi connectivity index (χ1) is 14.5. The van der Waals surface area contributed by atoms with Crippen LogP contribution in [0.1, 0.15) is 11.1 Å². The number of halogens is 1. The van der Waals surface area contributed by atoms with E-state index in [9.17, 15) is 9.59 Å². The van der Waals surface area contributed by atoms with Gasteiger partial charge in [0.25, 0.3) is 5.56 Å². The molecule has 0 unspecified atom stereocenters. The van der Waals surface area contributed by atoms with Gasteiger partial charge >= 0.3 is 5.69 Å². The highest BCUT2D eigenvalue weighted by Crippen LogP contribution is 2.22. The molecule has 0 saturated carbocycles. The SMILES string of the molecule is Cn1c(=O)c2c(nc(N/N=C\c3cccnc3)n2Cc2ccccc2Cl)n(C)c1=O. The van der Waals surface area contributed by atoms with Gasteiger partial charge in [0, 0.05) is 37.1 Å². The normalized spacial score (nSPS) is 11.4. The Hall–Kier alpha value is -3.72. The third kappa shape index (κ3) is 3.50. The summed E-state index contributed by atoms with van der Waals surface area (Å²) in [5, 5.41) is 4.77. The number of pyridine rings is 1. The van der Waals surface area contributed by atoms with Gasteiger partial charge in [-0.1, -0.05) is 35.9 Å². The molecule has 9 nitrogen and oxygen atoms in total. The van der Waals surface area contributed by atoms with Crippen molar-refractivity contribution in [1.29, 1.82) is 0 Å². The fourth-order valence-electron chi connectivity index (χ4n) is 3.10. The molecule has 3 heterocycles. The van der Waals surface area contributed by atoms with Crippen molar-refractivity contribution < 1.29 is 0 Å². The van der Waals surface area contributed by atoms with Gasteiger partial charge in [0.1, 0.15) is 0 Å². The van der Waals surface area contributed by atoms with E-state index in [1.807, 2.05) is 24.3 Å². The average Bonchev–Trinajstić information content (AvgIpc) is 3.11. The van der Waals surface area contributed by atoms with Crippen molar-refractivity contribution in [3.05, 3.63) is 85.8 Å². The number of imidazole rings is 1. The van der Waals surface area contributed by atoms with E-state index in [1.54, 1.807) is 42.4 Å². The standard InChI is InChI=1S/C20H18ClN7O2/c1-26-17-16(18(29)27(2)20(26)30)28(12-14-7-3-4-8-15(14)21)19(24-17)25-23-11-13-6-5-9-22-10-13/h3-11H,12H2,1-2H3,(H,24,25)/b23-11-. The van der Waals surface area contributed by atoms with Gasteiger partial charge in [-0.3, -0.25) is 23.5 Å². The fourth-order valence-corrected chi connectivity index (χ4v) is 3.30. The van der Waals surface area contributed by atoms with Gasteiger partial charge in [0.15, 0.2) is 11.2 Å². The Kier molecular flexibility index (Phi) is 5.20. The van der Waals surface area contributed by atoms with E-state index in [4.69, 9.17) is 11.6 Å². The lowest BCUT2D eigenvalue weighted by atomic mass is 10.2. The van der Waals surface area contributed by atoms with Gasteiger partial charge in [-0.2, -0.15) is 10.1 Å². The first-order valence-corrected chi connectivity index (χ1v) is 9.44. The number of aryl methyl sites for hydroxylation is 1. The van der Waals surface area contributed by atoms with Gasteiger partial charge in [-0.05, 0) is 17.7 Å². The summed E-state index contributed by atoms with van der Waals surface area (Å²) >= 11 is 6.33. The maximum absolute atomic E-state index is 12.9. The van der Waals surface area contributed by atoms with Crippen LogP contribution in [-0.2, 0) is 20.6 Å². The molecule has 0 bridgehead atoms. The molecule has 0 saturated heterocycles. The molecule has 0 fully saturated rings. The van der Waals surface area contributed by atoms with Crippen LogP contribution >= 0.6 is 11.6 Å². The summed E-state index contributed by atoms with van der Waals surface area (Å²) in [5.74, 6) is 0.309. The van der Waals surface area contributed by atoms with Crippen LogP contribution in [0.2, 0.25) is 5.02 Å². The number of anilines is 1. The van der Waals surface area contributed by atoms with E-state index >= 15 is 0 Å². The van der Waals surface area contributed by atoms with Crippen LogP contribution < -0.4 is 16.7 Å². The van der Waals surface area contributed by atoms with Gasteiger partial charge < -0.3 is 0 Å². The zero-order valence-corrected chi connectivity index (χ0v) is 17.0. The predicted octanol–water partition coefficient (Wildman–Crippen LogP) is 1.98. The smallest absolute Gasteiger partial charge is 0.298 e. The maximum atomic E-state index is 12.9. The third-order valence-corrected chi connectivity index (χ3v) is 5.07. The number of fused-ring (bicyclic) bond motifs is 1. The van der Waals surface area contributed by atoms with Crippen molar-refractivity contribution in [2.24, 2.45) is 19.2 Å². The molecule has 0 aliphatic rings. The molecule has 0 aliphatic heterocycles. The van der Waals surface area contributed by atoms with Crippen LogP contribution in [0.4, 0.5) is 5.95 Å². The second-order valence-electron chi connectivity index (χ2n) is 6.65. The molecule has 0 spiro atoms. The van der Waals surface area contributed by atoms with Crippen LogP contribution in [0.3, 0.4) is 0 Å². The zero-order chi connectivity index (χ0) is 21.3. The van der Waals surface area contributed by atoms with E-state index in [-0.39, 0.29) is 17.7 Å². The van der Waals surface area contributed by atoms with E-state index < -0.39 is 11.2 Å². The Balaban J connectivity index is 1.86. The first-order valence-electron chi connectivity index (χ1n) is 9.06. The Morgan fingerprint density at radius 3 is 2.67 bits per heavy atom. The van der Waals surface area contributed by atoms with Crippen molar-refractivity contribution in [1.82, 2.24) is 23.7 Å². The summed E-state index contributed by atoms with van der Waals surface area (Å²) in [6.45, 7) is 0.272. The molecule has 10 heteroatoms. The Morgan fingerprint density at radius 1 is 1.13 bits per heavy atom. The Morgan fingerprint density at radius 2 is 1.93 bits per heavy atom. The molecule has 0 aliphatic carbocycles. The first kappa shape index (κ1) is 19.6. The summed E-state index contributed by atoms with van der Waals surface area (Å²) < 4.78 is 4.05. The monoisotopic (exact) mass is 423 g/mol. The highest BCUT2D eigenvalue weighted by Gasteiger charge is 2.19. The minimum Gasteiger partial charge on any atom is -0.298 e. The molecule has 0 amide bonds. The summed E-state index contributed by atoms with van der Waals surface area (Å²) in [4.78, 5) is 33.7. The average molecular weight is 424 g/mol. The number of hydrazone groups is 1. The second kappa shape index (κ2) is 7.96. The topological polar surface area (TPSA) is 99.1 Å². The molecule has 3 aromatic heterocycles. The van der Waals surface area contributed by atoms with Gasteiger partial charge in [0.2, 0.25) is 5.95 Å². The van der Waals surface area contributed by atoms with Crippen LogP contribution in [0, 0.1) is 0 Å². The summed E-state index contributed by atoms with van der Waals surface area (Å²) in [6, 6.07) is 11.0. The minimum absolute atomic E-state index is 0.259. The summed E-state index contributed by atoms with van der Waals surface area (Å²) in [5.41, 5.74) is 4.09. The molecule has 1 N–H and O–H groups in total. The molecule has 1 aromatic carbocycles. The molecular formula is C20H18ClN7O2.